The first-order chi connectivity index (χ1) is 11.9. The molecule has 1 aliphatic carbocycles. The zero-order valence-corrected chi connectivity index (χ0v) is 15.9. The molecule has 6 nitrogen and oxygen atoms in total. The summed E-state index contributed by atoms with van der Waals surface area (Å²) in [4.78, 5) is 11.8. The fourth-order valence-corrected chi connectivity index (χ4v) is 3.42. The van der Waals surface area contributed by atoms with Crippen molar-refractivity contribution in [2.75, 3.05) is 5.75 Å². The van der Waals surface area contributed by atoms with Crippen molar-refractivity contribution in [2.24, 2.45) is 7.05 Å². The van der Waals surface area contributed by atoms with Gasteiger partial charge in [-0.2, -0.15) is 0 Å². The van der Waals surface area contributed by atoms with Gasteiger partial charge < -0.3 is 14.6 Å². The zero-order valence-electron chi connectivity index (χ0n) is 15.1. The van der Waals surface area contributed by atoms with Gasteiger partial charge in [-0.05, 0) is 56.9 Å². The monoisotopic (exact) mass is 360 g/mol. The quantitative estimate of drug-likeness (QED) is 0.769. The lowest BCUT2D eigenvalue weighted by Gasteiger charge is -2.15. The lowest BCUT2D eigenvalue weighted by molar-refractivity contribution is -0.118. The van der Waals surface area contributed by atoms with E-state index in [9.17, 15) is 4.79 Å². The van der Waals surface area contributed by atoms with Crippen molar-refractivity contribution >= 4 is 17.7 Å². The third-order valence-corrected chi connectivity index (χ3v) is 5.04. The number of hydrogen-bond acceptors (Lipinski definition) is 5. The number of aryl methyl sites for hydroxylation is 2. The summed E-state index contributed by atoms with van der Waals surface area (Å²) in [5.74, 6) is 1.97. The molecular formula is C18H24N4O2S. The Morgan fingerprint density at radius 1 is 1.32 bits per heavy atom. The third kappa shape index (κ3) is 4.75. The van der Waals surface area contributed by atoms with Crippen molar-refractivity contribution in [1.29, 1.82) is 0 Å². The maximum absolute atomic E-state index is 11.8. The molecule has 2 aromatic rings. The Morgan fingerprint density at radius 2 is 2.00 bits per heavy atom. The van der Waals surface area contributed by atoms with E-state index < -0.39 is 0 Å². The second-order valence-electron chi connectivity index (χ2n) is 6.61. The summed E-state index contributed by atoms with van der Waals surface area (Å²) in [6.45, 7) is 6.05. The molecule has 1 fully saturated rings. The fraction of sp³-hybridized carbons (Fsp3) is 0.500. The Kier molecular flexibility index (Phi) is 5.32. The number of rotatable bonds is 7. The molecule has 25 heavy (non-hydrogen) atoms. The van der Waals surface area contributed by atoms with Crippen LogP contribution in [0, 0.1) is 13.8 Å². The molecule has 7 heteroatoms. The van der Waals surface area contributed by atoms with E-state index in [0.29, 0.717) is 11.8 Å². The van der Waals surface area contributed by atoms with Crippen LogP contribution in [0.5, 0.6) is 5.75 Å². The normalized spacial score (nSPS) is 15.0. The van der Waals surface area contributed by atoms with Gasteiger partial charge in [-0.3, -0.25) is 4.79 Å². The first-order valence-electron chi connectivity index (χ1n) is 8.49. The number of carbonyl (C=O) groups is 1. The molecule has 1 atom stereocenters. The second kappa shape index (κ2) is 7.47. The lowest BCUT2D eigenvalue weighted by atomic mass is 10.1. The van der Waals surface area contributed by atoms with Gasteiger partial charge in [-0.25, -0.2) is 0 Å². The predicted octanol–water partition coefficient (Wildman–Crippen LogP) is 2.94. The number of nitrogens with zero attached hydrogens (tertiary/aromatic N) is 3. The smallest absolute Gasteiger partial charge is 0.230 e. The van der Waals surface area contributed by atoms with Crippen molar-refractivity contribution in [3.05, 3.63) is 35.2 Å². The summed E-state index contributed by atoms with van der Waals surface area (Å²) in [5.41, 5.74) is 2.33. The molecule has 0 radical (unpaired) electrons. The summed E-state index contributed by atoms with van der Waals surface area (Å²) in [5, 5.41) is 12.1. The zero-order chi connectivity index (χ0) is 18.0. The average molecular weight is 360 g/mol. The number of ether oxygens (including phenoxy) is 1. The number of aromatic nitrogens is 3. The van der Waals surface area contributed by atoms with Crippen LogP contribution < -0.4 is 10.1 Å². The van der Waals surface area contributed by atoms with Gasteiger partial charge in [0.25, 0.3) is 0 Å². The topological polar surface area (TPSA) is 69.0 Å². The van der Waals surface area contributed by atoms with E-state index in [-0.39, 0.29) is 12.0 Å². The van der Waals surface area contributed by atoms with Gasteiger partial charge in [-0.15, -0.1) is 10.2 Å². The molecule has 134 valence electrons. The van der Waals surface area contributed by atoms with Gasteiger partial charge >= 0.3 is 0 Å². The van der Waals surface area contributed by atoms with Crippen LogP contribution in [0.3, 0.4) is 0 Å². The molecule has 0 spiro atoms. The molecule has 1 N–H and O–H groups in total. The van der Waals surface area contributed by atoms with Gasteiger partial charge in [0.15, 0.2) is 17.1 Å². The van der Waals surface area contributed by atoms with E-state index in [0.717, 1.165) is 40.7 Å². The number of amides is 1. The van der Waals surface area contributed by atoms with Crippen LogP contribution in [0.1, 0.15) is 42.8 Å². The van der Waals surface area contributed by atoms with Crippen LogP contribution >= 0.6 is 11.8 Å². The van der Waals surface area contributed by atoms with Crippen molar-refractivity contribution in [3.8, 4) is 5.75 Å². The first kappa shape index (κ1) is 17.8. The molecule has 1 heterocycles. The highest BCUT2D eigenvalue weighted by atomic mass is 32.2. The molecule has 1 amide bonds. The Hall–Kier alpha value is -2.02. The number of hydrogen-bond donors (Lipinski definition) is 1. The van der Waals surface area contributed by atoms with Gasteiger partial charge in [-0.1, -0.05) is 17.8 Å². The maximum atomic E-state index is 11.8. The van der Waals surface area contributed by atoms with Crippen LogP contribution in [0.25, 0.3) is 0 Å². The molecule has 1 saturated carbocycles. The van der Waals surface area contributed by atoms with Crippen LogP contribution in [-0.4, -0.2) is 32.5 Å². The summed E-state index contributed by atoms with van der Waals surface area (Å²) >= 11 is 1.40. The fourth-order valence-electron chi connectivity index (χ4n) is 2.69. The number of thioether (sulfide) groups is 1. The summed E-state index contributed by atoms with van der Waals surface area (Å²) < 4.78 is 7.92. The minimum absolute atomic E-state index is 0.0524. The Labute approximate surface area is 152 Å². The maximum Gasteiger partial charge on any atom is 0.230 e. The minimum Gasteiger partial charge on any atom is -0.483 e. The molecule has 1 aromatic carbocycles. The molecular weight excluding hydrogens is 336 g/mol. The van der Waals surface area contributed by atoms with E-state index in [1.54, 1.807) is 0 Å². The van der Waals surface area contributed by atoms with E-state index in [1.165, 1.54) is 11.8 Å². The molecule has 0 bridgehead atoms. The van der Waals surface area contributed by atoms with Crippen molar-refractivity contribution in [1.82, 2.24) is 20.1 Å². The molecule has 1 aliphatic rings. The highest BCUT2D eigenvalue weighted by Crippen LogP contribution is 2.25. The summed E-state index contributed by atoms with van der Waals surface area (Å²) in [6.07, 6.45) is 1.96. The SMILES string of the molecule is Cc1cc(C)cc(OC(C)c2nnc(SCC(=O)NC3CC3)n2C)c1. The van der Waals surface area contributed by atoms with Crippen LogP contribution in [0.2, 0.25) is 0 Å². The third-order valence-electron chi connectivity index (χ3n) is 4.02. The first-order valence-corrected chi connectivity index (χ1v) is 9.47. The van der Waals surface area contributed by atoms with Gasteiger partial charge in [0, 0.05) is 13.1 Å². The molecule has 3 rings (SSSR count). The Morgan fingerprint density at radius 3 is 2.64 bits per heavy atom. The highest BCUT2D eigenvalue weighted by Gasteiger charge is 2.24. The van der Waals surface area contributed by atoms with Crippen molar-refractivity contribution in [2.45, 2.75) is 50.9 Å². The van der Waals surface area contributed by atoms with Gasteiger partial charge in [0.05, 0.1) is 5.75 Å². The molecule has 0 saturated heterocycles. The minimum atomic E-state index is -0.228. The second-order valence-corrected chi connectivity index (χ2v) is 7.56. The van der Waals surface area contributed by atoms with E-state index in [4.69, 9.17) is 4.74 Å². The van der Waals surface area contributed by atoms with Gasteiger partial charge in [0.1, 0.15) is 5.75 Å². The standard InChI is InChI=1S/C18H24N4O2S/c1-11-7-12(2)9-15(8-11)24-13(3)17-20-21-18(22(17)4)25-10-16(23)19-14-5-6-14/h7-9,13-14H,5-6,10H2,1-4H3,(H,19,23). The predicted molar refractivity (Wildman–Crippen MR) is 97.9 cm³/mol. The number of carbonyl (C=O) groups excluding carboxylic acids is 1. The molecule has 0 aliphatic heterocycles. The Balaban J connectivity index is 1.61. The van der Waals surface area contributed by atoms with E-state index in [2.05, 4.69) is 21.6 Å². The van der Waals surface area contributed by atoms with Crippen LogP contribution in [0.4, 0.5) is 0 Å². The van der Waals surface area contributed by atoms with E-state index in [1.807, 2.05) is 44.5 Å². The summed E-state index contributed by atoms with van der Waals surface area (Å²) in [6, 6.07) is 6.52. The van der Waals surface area contributed by atoms with Crippen molar-refractivity contribution < 1.29 is 9.53 Å². The number of benzene rings is 1. The van der Waals surface area contributed by atoms with Crippen LogP contribution in [-0.2, 0) is 11.8 Å². The summed E-state index contributed by atoms with van der Waals surface area (Å²) in [7, 11) is 1.90. The molecule has 1 aromatic heterocycles. The largest absolute Gasteiger partial charge is 0.483 e. The van der Waals surface area contributed by atoms with E-state index >= 15 is 0 Å². The number of nitrogens with one attached hydrogen (secondary N) is 1. The van der Waals surface area contributed by atoms with Crippen molar-refractivity contribution in [3.63, 3.8) is 0 Å². The highest BCUT2D eigenvalue weighted by molar-refractivity contribution is 7.99. The average Bonchev–Trinajstić information content (AvgIpc) is 3.25. The van der Waals surface area contributed by atoms with Gasteiger partial charge in [0.2, 0.25) is 5.91 Å². The molecule has 1 unspecified atom stereocenters. The lowest BCUT2D eigenvalue weighted by Crippen LogP contribution is -2.27. The van der Waals surface area contributed by atoms with Crippen LogP contribution in [0.15, 0.2) is 23.4 Å². The Bertz CT molecular complexity index is 750.